The molecule has 0 aromatic heterocycles. The Balaban J connectivity index is 1.81. The highest BCUT2D eigenvalue weighted by atomic mass is 32.2. The number of rotatable bonds is 15. The average molecular weight is 672 g/mol. The van der Waals surface area contributed by atoms with Crippen LogP contribution in [0.15, 0.2) is 65.6 Å². The van der Waals surface area contributed by atoms with Crippen molar-refractivity contribution >= 4 is 27.5 Å². The molecular weight excluding hydrogens is 629 g/mol. The van der Waals surface area contributed by atoms with E-state index in [9.17, 15) is 22.4 Å². The number of hydrogen-bond donors (Lipinski definition) is 1. The van der Waals surface area contributed by atoms with Crippen LogP contribution in [0.25, 0.3) is 0 Å². The molecule has 0 radical (unpaired) electrons. The predicted octanol–water partition coefficient (Wildman–Crippen LogP) is 4.92. The molecule has 0 bridgehead atoms. The first-order valence-electron chi connectivity index (χ1n) is 15.4. The molecule has 0 saturated heterocycles. The first-order chi connectivity index (χ1) is 22.6. The number of carbonyl (C=O) groups is 2. The summed E-state index contributed by atoms with van der Waals surface area (Å²) in [5.74, 6) is -0.456. The largest absolute Gasteiger partial charge is 0.497 e. The normalized spacial score (nSPS) is 13.8. The number of amides is 2. The Hall–Kier alpha value is -4.52. The van der Waals surface area contributed by atoms with Crippen molar-refractivity contribution in [2.24, 2.45) is 0 Å². The van der Waals surface area contributed by atoms with E-state index in [0.29, 0.717) is 17.1 Å². The summed E-state index contributed by atoms with van der Waals surface area (Å²) in [5, 5.41) is 3.07. The zero-order valence-electron chi connectivity index (χ0n) is 27.3. The van der Waals surface area contributed by atoms with Crippen molar-refractivity contribution in [3.8, 4) is 23.0 Å². The van der Waals surface area contributed by atoms with Gasteiger partial charge in [0.15, 0.2) is 11.5 Å². The Morgan fingerprint density at radius 3 is 2.11 bits per heavy atom. The molecule has 13 heteroatoms. The van der Waals surface area contributed by atoms with Crippen LogP contribution in [-0.2, 0) is 26.2 Å². The molecular formula is C34H42FN3O8S. The maximum absolute atomic E-state index is 14.5. The van der Waals surface area contributed by atoms with E-state index in [-0.39, 0.29) is 47.0 Å². The minimum absolute atomic E-state index is 0.00213. The Kier molecular flexibility index (Phi) is 11.9. The Labute approximate surface area is 275 Å². The number of sulfonamides is 1. The highest BCUT2D eigenvalue weighted by Gasteiger charge is 2.36. The molecule has 1 atom stereocenters. The van der Waals surface area contributed by atoms with Gasteiger partial charge in [-0.05, 0) is 61.2 Å². The van der Waals surface area contributed by atoms with E-state index >= 15 is 0 Å². The molecule has 0 heterocycles. The number of nitrogens with zero attached hydrogens (tertiary/aromatic N) is 2. The summed E-state index contributed by atoms with van der Waals surface area (Å²) in [6.07, 6.45) is 3.97. The molecule has 11 nitrogen and oxygen atoms in total. The van der Waals surface area contributed by atoms with Crippen LogP contribution in [0.4, 0.5) is 10.1 Å². The minimum Gasteiger partial charge on any atom is -0.497 e. The SMILES string of the molecule is CCC(C(=O)NC1CCCC1)N(Cc1ccc(F)cc1)C(=O)CN(c1cc(OC)ccc1OC)S(=O)(=O)c1ccc(OC)c(OC)c1. The third kappa shape index (κ3) is 8.26. The molecule has 1 fully saturated rings. The molecule has 1 N–H and O–H groups in total. The van der Waals surface area contributed by atoms with Crippen LogP contribution < -0.4 is 28.6 Å². The first-order valence-corrected chi connectivity index (χ1v) is 16.8. The second-order valence-corrected chi connectivity index (χ2v) is 13.0. The highest BCUT2D eigenvalue weighted by Crippen LogP contribution is 2.38. The zero-order valence-corrected chi connectivity index (χ0v) is 28.1. The number of carbonyl (C=O) groups excluding carboxylic acids is 2. The number of halogens is 1. The summed E-state index contributed by atoms with van der Waals surface area (Å²) in [6, 6.07) is 13.4. The lowest BCUT2D eigenvalue weighted by Crippen LogP contribution is -2.53. The van der Waals surface area contributed by atoms with Gasteiger partial charge in [-0.15, -0.1) is 0 Å². The number of anilines is 1. The molecule has 1 unspecified atom stereocenters. The smallest absolute Gasteiger partial charge is 0.265 e. The lowest BCUT2D eigenvalue weighted by molar-refractivity contribution is -0.140. The summed E-state index contributed by atoms with van der Waals surface area (Å²) in [5.41, 5.74) is 0.611. The van der Waals surface area contributed by atoms with Crippen LogP contribution >= 0.6 is 0 Å². The lowest BCUT2D eigenvalue weighted by Gasteiger charge is -2.34. The standard InChI is InChI=1S/C34H42FN3O8S/c1-6-28(34(40)36-25-9-7-8-10-25)37(21-23-11-13-24(35)14-12-23)33(39)22-38(29-19-26(43-2)15-17-30(29)44-3)47(41,42)27-16-18-31(45-4)32(20-27)46-5/h11-20,25,28H,6-10,21-22H2,1-5H3,(H,36,40). The van der Waals surface area contributed by atoms with Crippen molar-refractivity contribution in [1.29, 1.82) is 0 Å². The number of hydrogen-bond acceptors (Lipinski definition) is 8. The van der Waals surface area contributed by atoms with Gasteiger partial charge in [0, 0.05) is 24.7 Å². The third-order valence-corrected chi connectivity index (χ3v) is 9.99. The van der Waals surface area contributed by atoms with Gasteiger partial charge < -0.3 is 29.2 Å². The second kappa shape index (κ2) is 15.9. The van der Waals surface area contributed by atoms with E-state index in [1.165, 1.54) is 87.9 Å². The average Bonchev–Trinajstić information content (AvgIpc) is 3.60. The summed E-state index contributed by atoms with van der Waals surface area (Å²) in [7, 11) is 1.15. The number of ether oxygens (including phenoxy) is 4. The van der Waals surface area contributed by atoms with Gasteiger partial charge in [-0.25, -0.2) is 12.8 Å². The molecule has 0 aliphatic heterocycles. The first kappa shape index (κ1) is 35.3. The van der Waals surface area contributed by atoms with Gasteiger partial charge in [-0.3, -0.25) is 13.9 Å². The lowest BCUT2D eigenvalue weighted by atomic mass is 10.1. The molecule has 2 amide bonds. The molecule has 1 aliphatic rings. The molecule has 47 heavy (non-hydrogen) atoms. The number of nitrogens with one attached hydrogen (secondary N) is 1. The van der Waals surface area contributed by atoms with Crippen LogP contribution in [0.5, 0.6) is 23.0 Å². The molecule has 1 saturated carbocycles. The molecule has 0 spiro atoms. The van der Waals surface area contributed by atoms with Gasteiger partial charge in [0.2, 0.25) is 11.8 Å². The van der Waals surface area contributed by atoms with Crippen LogP contribution in [0.3, 0.4) is 0 Å². The maximum Gasteiger partial charge on any atom is 0.265 e. The molecule has 3 aromatic rings. The van der Waals surface area contributed by atoms with E-state index in [4.69, 9.17) is 18.9 Å². The van der Waals surface area contributed by atoms with E-state index in [1.54, 1.807) is 13.0 Å². The summed E-state index contributed by atoms with van der Waals surface area (Å²) in [4.78, 5) is 29.3. The van der Waals surface area contributed by atoms with Crippen molar-refractivity contribution in [3.05, 3.63) is 72.0 Å². The van der Waals surface area contributed by atoms with E-state index in [0.717, 1.165) is 30.0 Å². The topological polar surface area (TPSA) is 124 Å². The monoisotopic (exact) mass is 671 g/mol. The van der Waals surface area contributed by atoms with E-state index < -0.39 is 34.3 Å². The highest BCUT2D eigenvalue weighted by molar-refractivity contribution is 7.92. The molecule has 3 aromatic carbocycles. The van der Waals surface area contributed by atoms with Crippen molar-refractivity contribution in [2.45, 2.75) is 62.6 Å². The van der Waals surface area contributed by atoms with Crippen LogP contribution in [-0.4, -0.2) is 72.2 Å². The van der Waals surface area contributed by atoms with Crippen LogP contribution in [0.1, 0.15) is 44.6 Å². The van der Waals surface area contributed by atoms with Crippen molar-refractivity contribution in [1.82, 2.24) is 10.2 Å². The van der Waals surface area contributed by atoms with Gasteiger partial charge in [0.1, 0.15) is 29.9 Å². The summed E-state index contributed by atoms with van der Waals surface area (Å²) in [6.45, 7) is 1.02. The number of benzene rings is 3. The van der Waals surface area contributed by atoms with E-state index in [2.05, 4.69) is 5.32 Å². The maximum atomic E-state index is 14.5. The predicted molar refractivity (Wildman–Crippen MR) is 175 cm³/mol. The molecule has 4 rings (SSSR count). The van der Waals surface area contributed by atoms with Gasteiger partial charge in [-0.2, -0.15) is 0 Å². The van der Waals surface area contributed by atoms with Crippen molar-refractivity contribution in [2.75, 3.05) is 39.3 Å². The Bertz CT molecular complexity index is 1650. The van der Waals surface area contributed by atoms with Crippen LogP contribution in [0, 0.1) is 5.82 Å². The van der Waals surface area contributed by atoms with Gasteiger partial charge in [-0.1, -0.05) is 31.9 Å². The van der Waals surface area contributed by atoms with E-state index in [1.807, 2.05) is 0 Å². The fourth-order valence-corrected chi connectivity index (χ4v) is 7.12. The quantitative estimate of drug-likeness (QED) is 0.242. The zero-order chi connectivity index (χ0) is 34.1. The van der Waals surface area contributed by atoms with Crippen LogP contribution in [0.2, 0.25) is 0 Å². The van der Waals surface area contributed by atoms with Gasteiger partial charge >= 0.3 is 0 Å². The fourth-order valence-electron chi connectivity index (χ4n) is 5.68. The Morgan fingerprint density at radius 1 is 0.872 bits per heavy atom. The van der Waals surface area contributed by atoms with Crippen molar-refractivity contribution < 1.29 is 41.3 Å². The second-order valence-electron chi connectivity index (χ2n) is 11.1. The van der Waals surface area contributed by atoms with Crippen molar-refractivity contribution in [3.63, 3.8) is 0 Å². The molecule has 254 valence electrons. The third-order valence-electron chi connectivity index (χ3n) is 8.23. The molecule has 1 aliphatic carbocycles. The fraction of sp³-hybridized carbons (Fsp3) is 0.412. The Morgan fingerprint density at radius 2 is 1.51 bits per heavy atom. The summed E-state index contributed by atoms with van der Waals surface area (Å²) < 4.78 is 65.2. The van der Waals surface area contributed by atoms with Gasteiger partial charge in [0.25, 0.3) is 10.0 Å². The minimum atomic E-state index is -4.48. The van der Waals surface area contributed by atoms with Gasteiger partial charge in [0.05, 0.1) is 39.0 Å². The summed E-state index contributed by atoms with van der Waals surface area (Å²) >= 11 is 0. The number of methoxy groups -OCH3 is 4.